The Kier molecular flexibility index (Phi) is 2.97. The fourth-order valence-electron chi connectivity index (χ4n) is 1.24. The number of nitriles is 1. The van der Waals surface area contributed by atoms with Crippen molar-refractivity contribution in [3.8, 4) is 6.07 Å². The van der Waals surface area contributed by atoms with Crippen molar-refractivity contribution < 1.29 is 8.78 Å². The lowest BCUT2D eigenvalue weighted by atomic mass is 10.0. The number of anilines is 1. The van der Waals surface area contributed by atoms with Gasteiger partial charge in [-0.1, -0.05) is 0 Å². The van der Waals surface area contributed by atoms with E-state index in [1.165, 1.54) is 6.20 Å². The van der Waals surface area contributed by atoms with E-state index in [1.54, 1.807) is 6.92 Å². The van der Waals surface area contributed by atoms with Gasteiger partial charge in [0.1, 0.15) is 0 Å². The molecule has 0 aliphatic rings. The summed E-state index contributed by atoms with van der Waals surface area (Å²) in [7, 11) is 0. The van der Waals surface area contributed by atoms with Crippen molar-refractivity contribution in [2.24, 2.45) is 0 Å². The summed E-state index contributed by atoms with van der Waals surface area (Å²) in [4.78, 5) is 3.83. The Morgan fingerprint density at radius 2 is 2.29 bits per heavy atom. The molecule has 3 nitrogen and oxygen atoms in total. The fourth-order valence-corrected chi connectivity index (χ4v) is 1.24. The Balaban J connectivity index is 3.35. The van der Waals surface area contributed by atoms with Crippen LogP contribution in [0.1, 0.15) is 23.2 Å². The summed E-state index contributed by atoms with van der Waals surface area (Å²) in [5.74, 6) is 0. The van der Waals surface area contributed by atoms with Crippen molar-refractivity contribution in [2.75, 3.05) is 5.73 Å². The minimum Gasteiger partial charge on any atom is -0.397 e. The molecule has 0 amide bonds. The number of aromatic nitrogens is 1. The molecular weight excluding hydrogens is 188 g/mol. The van der Waals surface area contributed by atoms with Crippen LogP contribution in [0, 0.1) is 18.3 Å². The number of halogens is 2. The molecule has 0 aromatic carbocycles. The topological polar surface area (TPSA) is 62.7 Å². The smallest absolute Gasteiger partial charge is 0.266 e. The van der Waals surface area contributed by atoms with Crippen LogP contribution >= 0.6 is 0 Å². The first-order valence-corrected chi connectivity index (χ1v) is 3.96. The molecule has 1 aromatic heterocycles. The summed E-state index contributed by atoms with van der Waals surface area (Å²) in [6.45, 7) is 1.58. The molecule has 0 aliphatic heterocycles. The molecule has 0 saturated heterocycles. The molecule has 5 heteroatoms. The van der Waals surface area contributed by atoms with Gasteiger partial charge in [-0.15, -0.1) is 0 Å². The van der Waals surface area contributed by atoms with Crippen LogP contribution in [0.3, 0.4) is 0 Å². The lowest BCUT2D eigenvalue weighted by Gasteiger charge is -2.10. The summed E-state index contributed by atoms with van der Waals surface area (Å²) in [6, 6.07) is 1.82. The first-order valence-electron chi connectivity index (χ1n) is 3.96. The molecule has 0 unspecified atom stereocenters. The molecule has 0 aliphatic carbocycles. The van der Waals surface area contributed by atoms with Gasteiger partial charge in [-0.05, 0) is 12.5 Å². The molecule has 0 saturated carbocycles. The molecule has 1 heterocycles. The number of alkyl halides is 2. The van der Waals surface area contributed by atoms with E-state index < -0.39 is 6.43 Å². The van der Waals surface area contributed by atoms with Gasteiger partial charge in [0.05, 0.1) is 24.4 Å². The molecular formula is C9H9F2N3. The number of nitrogen functional groups attached to an aromatic ring is 1. The Hall–Kier alpha value is -1.70. The van der Waals surface area contributed by atoms with Crippen molar-refractivity contribution in [3.05, 3.63) is 23.0 Å². The lowest BCUT2D eigenvalue weighted by Crippen LogP contribution is -2.04. The van der Waals surface area contributed by atoms with Crippen LogP contribution in [-0.2, 0) is 6.42 Å². The van der Waals surface area contributed by atoms with E-state index >= 15 is 0 Å². The Labute approximate surface area is 80.2 Å². The zero-order valence-electron chi connectivity index (χ0n) is 7.59. The molecule has 2 N–H and O–H groups in total. The fraction of sp³-hybridized carbons (Fsp3) is 0.333. The lowest BCUT2D eigenvalue weighted by molar-refractivity contribution is 0.151. The van der Waals surface area contributed by atoms with Crippen molar-refractivity contribution in [1.29, 1.82) is 5.26 Å². The zero-order valence-corrected chi connectivity index (χ0v) is 7.59. The summed E-state index contributed by atoms with van der Waals surface area (Å²) in [5, 5.41) is 8.48. The van der Waals surface area contributed by atoms with Crippen LogP contribution in [0.5, 0.6) is 0 Å². The third kappa shape index (κ3) is 1.79. The second-order valence-corrected chi connectivity index (χ2v) is 2.83. The maximum atomic E-state index is 12.6. The largest absolute Gasteiger partial charge is 0.397 e. The van der Waals surface area contributed by atoms with Crippen LogP contribution in [0.4, 0.5) is 14.5 Å². The highest BCUT2D eigenvalue weighted by Crippen LogP contribution is 2.29. The summed E-state index contributed by atoms with van der Waals surface area (Å²) in [6.07, 6.45) is -1.57. The number of rotatable bonds is 2. The quantitative estimate of drug-likeness (QED) is 0.788. The molecule has 0 spiro atoms. The van der Waals surface area contributed by atoms with Gasteiger partial charge in [0.25, 0.3) is 6.43 Å². The number of aryl methyl sites for hydroxylation is 1. The minimum absolute atomic E-state index is 0.0594. The van der Waals surface area contributed by atoms with E-state index in [1.807, 2.05) is 6.07 Å². The monoisotopic (exact) mass is 197 g/mol. The highest BCUT2D eigenvalue weighted by molar-refractivity contribution is 5.52. The maximum absolute atomic E-state index is 12.6. The van der Waals surface area contributed by atoms with E-state index in [0.717, 1.165) is 0 Å². The number of hydrogen-bond donors (Lipinski definition) is 1. The summed E-state index contributed by atoms with van der Waals surface area (Å²) >= 11 is 0. The Morgan fingerprint density at radius 3 is 2.79 bits per heavy atom. The highest BCUT2D eigenvalue weighted by atomic mass is 19.3. The summed E-state index contributed by atoms with van der Waals surface area (Å²) < 4.78 is 25.1. The van der Waals surface area contributed by atoms with Gasteiger partial charge in [0.15, 0.2) is 0 Å². The van der Waals surface area contributed by atoms with Crippen LogP contribution in [0.2, 0.25) is 0 Å². The Morgan fingerprint density at radius 1 is 1.64 bits per heavy atom. The first kappa shape index (κ1) is 10.4. The first-order chi connectivity index (χ1) is 6.57. The standard InChI is InChI=1S/C9H9F2N3/c1-5-6(2-3-12)8(9(10)11)7(13)4-14-5/h4,9H,2,13H2,1H3. The third-order valence-electron chi connectivity index (χ3n) is 1.94. The van der Waals surface area contributed by atoms with Gasteiger partial charge in [-0.2, -0.15) is 5.26 Å². The van der Waals surface area contributed by atoms with Crippen LogP contribution < -0.4 is 5.73 Å². The average Bonchev–Trinajstić information content (AvgIpc) is 2.11. The normalized spacial score (nSPS) is 10.2. The maximum Gasteiger partial charge on any atom is 0.266 e. The molecule has 0 bridgehead atoms. The molecule has 0 radical (unpaired) electrons. The van der Waals surface area contributed by atoms with Gasteiger partial charge >= 0.3 is 0 Å². The van der Waals surface area contributed by atoms with Gasteiger partial charge in [0.2, 0.25) is 0 Å². The van der Waals surface area contributed by atoms with Crippen LogP contribution in [0.15, 0.2) is 6.20 Å². The van der Waals surface area contributed by atoms with Crippen molar-refractivity contribution in [2.45, 2.75) is 19.8 Å². The van der Waals surface area contributed by atoms with Gasteiger partial charge in [-0.25, -0.2) is 8.78 Å². The zero-order chi connectivity index (χ0) is 10.7. The predicted octanol–water partition coefficient (Wildman–Crippen LogP) is 1.98. The molecule has 0 fully saturated rings. The number of pyridine rings is 1. The third-order valence-corrected chi connectivity index (χ3v) is 1.94. The second-order valence-electron chi connectivity index (χ2n) is 2.83. The number of nitrogens with two attached hydrogens (primary N) is 1. The second kappa shape index (κ2) is 4.01. The summed E-state index contributed by atoms with van der Waals surface area (Å²) in [5.41, 5.74) is 5.71. The van der Waals surface area contributed by atoms with Gasteiger partial charge in [0, 0.05) is 11.3 Å². The molecule has 0 atom stereocenters. The van der Waals surface area contributed by atoms with Gasteiger partial charge < -0.3 is 5.73 Å². The van der Waals surface area contributed by atoms with Crippen molar-refractivity contribution in [1.82, 2.24) is 4.98 Å². The van der Waals surface area contributed by atoms with Crippen LogP contribution in [-0.4, -0.2) is 4.98 Å². The molecule has 74 valence electrons. The molecule has 14 heavy (non-hydrogen) atoms. The van der Waals surface area contributed by atoms with E-state index in [4.69, 9.17) is 11.0 Å². The minimum atomic E-state index is -2.67. The van der Waals surface area contributed by atoms with E-state index in [0.29, 0.717) is 5.69 Å². The van der Waals surface area contributed by atoms with Crippen molar-refractivity contribution >= 4 is 5.69 Å². The average molecular weight is 197 g/mol. The predicted molar refractivity (Wildman–Crippen MR) is 47.7 cm³/mol. The van der Waals surface area contributed by atoms with Crippen molar-refractivity contribution in [3.63, 3.8) is 0 Å². The number of hydrogen-bond acceptors (Lipinski definition) is 3. The van der Waals surface area contributed by atoms with E-state index in [2.05, 4.69) is 4.98 Å². The van der Waals surface area contributed by atoms with Crippen LogP contribution in [0.25, 0.3) is 0 Å². The van der Waals surface area contributed by atoms with E-state index in [-0.39, 0.29) is 23.2 Å². The Bertz CT molecular complexity index is 382. The van der Waals surface area contributed by atoms with E-state index in [9.17, 15) is 8.78 Å². The molecule has 1 rings (SSSR count). The van der Waals surface area contributed by atoms with Gasteiger partial charge in [-0.3, -0.25) is 4.98 Å². The number of nitrogens with zero attached hydrogens (tertiary/aromatic N) is 2. The SMILES string of the molecule is Cc1ncc(N)c(C(F)F)c1CC#N. The molecule has 1 aromatic rings. The highest BCUT2D eigenvalue weighted by Gasteiger charge is 2.18.